The Bertz CT molecular complexity index is 1260. The van der Waals surface area contributed by atoms with Crippen LogP contribution in [0.25, 0.3) is 16.7 Å². The zero-order valence-corrected chi connectivity index (χ0v) is 16.8. The van der Waals surface area contributed by atoms with Crippen molar-refractivity contribution in [3.05, 3.63) is 77.9 Å². The van der Waals surface area contributed by atoms with Gasteiger partial charge in [-0.15, -0.1) is 0 Å². The molecule has 4 aromatic rings. The highest BCUT2D eigenvalue weighted by Gasteiger charge is 2.26. The van der Waals surface area contributed by atoms with E-state index in [1.165, 1.54) is 16.8 Å². The number of hydrogen-bond donors (Lipinski definition) is 1. The Morgan fingerprint density at radius 2 is 2.06 bits per heavy atom. The summed E-state index contributed by atoms with van der Waals surface area (Å²) in [5.41, 5.74) is 3.85. The van der Waals surface area contributed by atoms with E-state index in [1.54, 1.807) is 12.5 Å². The molecular formula is C23H21F2N5O. The zero-order chi connectivity index (χ0) is 21.4. The van der Waals surface area contributed by atoms with Crippen LogP contribution in [0.1, 0.15) is 36.6 Å². The number of aromatic nitrogens is 4. The van der Waals surface area contributed by atoms with E-state index >= 15 is 0 Å². The van der Waals surface area contributed by atoms with Gasteiger partial charge in [-0.3, -0.25) is 4.79 Å². The van der Waals surface area contributed by atoms with E-state index in [-0.39, 0.29) is 17.6 Å². The second kappa shape index (κ2) is 7.94. The number of aryl methyl sites for hydroxylation is 1. The third-order valence-corrected chi connectivity index (χ3v) is 5.76. The van der Waals surface area contributed by atoms with E-state index in [0.717, 1.165) is 47.6 Å². The molecule has 1 aliphatic carbocycles. The van der Waals surface area contributed by atoms with Gasteiger partial charge in [0.1, 0.15) is 11.5 Å². The molecule has 5 rings (SSSR count). The summed E-state index contributed by atoms with van der Waals surface area (Å²) >= 11 is 0. The van der Waals surface area contributed by atoms with Gasteiger partial charge in [-0.2, -0.15) is 5.10 Å². The molecule has 2 aromatic heterocycles. The van der Waals surface area contributed by atoms with E-state index in [2.05, 4.69) is 15.4 Å². The van der Waals surface area contributed by atoms with Crippen LogP contribution in [0.4, 0.5) is 8.78 Å². The molecule has 0 saturated carbocycles. The Morgan fingerprint density at radius 1 is 1.19 bits per heavy atom. The molecule has 0 unspecified atom stereocenters. The Hall–Kier alpha value is -3.55. The van der Waals surface area contributed by atoms with Gasteiger partial charge in [0.05, 0.1) is 29.6 Å². The van der Waals surface area contributed by atoms with Gasteiger partial charge in [-0.25, -0.2) is 18.4 Å². The lowest BCUT2D eigenvalue weighted by Crippen LogP contribution is -2.31. The van der Waals surface area contributed by atoms with Crippen molar-refractivity contribution in [3.8, 4) is 5.69 Å². The molecule has 2 aromatic carbocycles. The summed E-state index contributed by atoms with van der Waals surface area (Å²) < 4.78 is 31.0. The second-order valence-corrected chi connectivity index (χ2v) is 7.74. The van der Waals surface area contributed by atoms with Gasteiger partial charge in [-0.05, 0) is 43.5 Å². The smallest absolute Gasteiger partial charge is 0.222 e. The monoisotopic (exact) mass is 421 g/mol. The quantitative estimate of drug-likeness (QED) is 0.528. The number of imidazole rings is 1. The SMILES string of the molecule is O=C(CCn1cnc2ccccc21)N[C@@H]1CCCc2c1cnn2-c1ccc(F)cc1F. The fraction of sp³-hybridized carbons (Fsp3) is 0.261. The average Bonchev–Trinajstić information content (AvgIpc) is 3.37. The number of nitrogens with one attached hydrogen (secondary N) is 1. The minimum absolute atomic E-state index is 0.0589. The molecule has 0 bridgehead atoms. The van der Waals surface area contributed by atoms with Gasteiger partial charge >= 0.3 is 0 Å². The standard InChI is InChI=1S/C23H21F2N5O/c24-15-8-9-21(17(25)12-15)30-20-7-3-5-18(16(20)13-27-30)28-23(31)10-11-29-14-26-19-4-1-2-6-22(19)29/h1-2,4,6,8-9,12-14,18H,3,5,7,10-11H2,(H,28,31)/t18-/m1/s1. The fourth-order valence-electron chi connectivity index (χ4n) is 4.24. The molecule has 6 nitrogen and oxygen atoms in total. The van der Waals surface area contributed by atoms with Gasteiger partial charge in [0.25, 0.3) is 0 Å². The molecule has 1 amide bonds. The van der Waals surface area contributed by atoms with E-state index in [0.29, 0.717) is 13.0 Å². The van der Waals surface area contributed by atoms with Crippen LogP contribution in [0, 0.1) is 11.6 Å². The van der Waals surface area contributed by atoms with Crippen molar-refractivity contribution in [2.24, 2.45) is 0 Å². The summed E-state index contributed by atoms with van der Waals surface area (Å²) in [6.45, 7) is 0.534. The number of hydrogen-bond acceptors (Lipinski definition) is 3. The molecule has 0 radical (unpaired) electrons. The lowest BCUT2D eigenvalue weighted by atomic mass is 9.92. The lowest BCUT2D eigenvalue weighted by Gasteiger charge is -2.24. The van der Waals surface area contributed by atoms with Gasteiger partial charge in [0.2, 0.25) is 5.91 Å². The van der Waals surface area contributed by atoms with Crippen LogP contribution in [-0.2, 0) is 17.8 Å². The first kappa shape index (κ1) is 19.4. The van der Waals surface area contributed by atoms with Gasteiger partial charge < -0.3 is 9.88 Å². The summed E-state index contributed by atoms with van der Waals surface area (Å²) in [6.07, 6.45) is 6.11. The number of halogens is 2. The Kier molecular flexibility index (Phi) is 4.97. The molecule has 1 atom stereocenters. The number of benzene rings is 2. The fourth-order valence-corrected chi connectivity index (χ4v) is 4.24. The predicted molar refractivity (Wildman–Crippen MR) is 112 cm³/mol. The topological polar surface area (TPSA) is 64.7 Å². The van der Waals surface area contributed by atoms with Crippen molar-refractivity contribution < 1.29 is 13.6 Å². The van der Waals surface area contributed by atoms with Crippen molar-refractivity contribution in [1.82, 2.24) is 24.6 Å². The number of carbonyl (C=O) groups excluding carboxylic acids is 1. The van der Waals surface area contributed by atoms with Crippen molar-refractivity contribution in [1.29, 1.82) is 0 Å². The van der Waals surface area contributed by atoms with Crippen LogP contribution < -0.4 is 5.32 Å². The van der Waals surface area contributed by atoms with Crippen molar-refractivity contribution in [3.63, 3.8) is 0 Å². The van der Waals surface area contributed by atoms with E-state index in [9.17, 15) is 13.6 Å². The summed E-state index contributed by atoms with van der Waals surface area (Å²) in [5, 5.41) is 7.42. The van der Waals surface area contributed by atoms with Crippen LogP contribution >= 0.6 is 0 Å². The lowest BCUT2D eigenvalue weighted by molar-refractivity contribution is -0.122. The Labute approximate surface area is 177 Å². The highest BCUT2D eigenvalue weighted by Crippen LogP contribution is 2.31. The molecule has 31 heavy (non-hydrogen) atoms. The maximum absolute atomic E-state index is 14.3. The third kappa shape index (κ3) is 3.69. The van der Waals surface area contributed by atoms with E-state index in [4.69, 9.17) is 0 Å². The first-order valence-corrected chi connectivity index (χ1v) is 10.3. The van der Waals surface area contributed by atoms with E-state index in [1.807, 2.05) is 28.8 Å². The normalized spacial score (nSPS) is 15.7. The second-order valence-electron chi connectivity index (χ2n) is 7.74. The Balaban J connectivity index is 1.30. The molecule has 0 aliphatic heterocycles. The van der Waals surface area contributed by atoms with Crippen LogP contribution in [0.5, 0.6) is 0 Å². The highest BCUT2D eigenvalue weighted by atomic mass is 19.1. The molecule has 2 heterocycles. The maximum atomic E-state index is 14.3. The number of para-hydroxylation sites is 2. The third-order valence-electron chi connectivity index (χ3n) is 5.76. The molecule has 158 valence electrons. The van der Waals surface area contributed by atoms with Crippen molar-refractivity contribution in [2.75, 3.05) is 0 Å². The first-order chi connectivity index (χ1) is 15.1. The molecule has 0 fully saturated rings. The van der Waals surface area contributed by atoms with E-state index < -0.39 is 11.6 Å². The van der Waals surface area contributed by atoms with Gasteiger partial charge in [0.15, 0.2) is 5.82 Å². The van der Waals surface area contributed by atoms with Crippen LogP contribution in [0.3, 0.4) is 0 Å². The van der Waals surface area contributed by atoms with Crippen molar-refractivity contribution >= 4 is 16.9 Å². The molecule has 1 aliphatic rings. The molecule has 8 heteroatoms. The van der Waals surface area contributed by atoms with Crippen LogP contribution in [-0.4, -0.2) is 25.2 Å². The number of amides is 1. The summed E-state index contributed by atoms with van der Waals surface area (Å²) in [4.78, 5) is 17.0. The van der Waals surface area contributed by atoms with Gasteiger partial charge in [-0.1, -0.05) is 12.1 Å². The summed E-state index contributed by atoms with van der Waals surface area (Å²) in [5.74, 6) is -1.35. The highest BCUT2D eigenvalue weighted by molar-refractivity contribution is 5.78. The van der Waals surface area contributed by atoms with Crippen LogP contribution in [0.15, 0.2) is 55.0 Å². The minimum atomic E-state index is -0.662. The number of fused-ring (bicyclic) bond motifs is 2. The maximum Gasteiger partial charge on any atom is 0.222 e. The van der Waals surface area contributed by atoms with Crippen LogP contribution in [0.2, 0.25) is 0 Å². The predicted octanol–water partition coefficient (Wildman–Crippen LogP) is 4.08. The average molecular weight is 421 g/mol. The van der Waals surface area contributed by atoms with Crippen molar-refractivity contribution in [2.45, 2.75) is 38.3 Å². The zero-order valence-electron chi connectivity index (χ0n) is 16.8. The number of carbonyl (C=O) groups is 1. The molecule has 0 saturated heterocycles. The largest absolute Gasteiger partial charge is 0.349 e. The number of rotatable bonds is 5. The van der Waals surface area contributed by atoms with Gasteiger partial charge in [0, 0.05) is 30.3 Å². The summed E-state index contributed by atoms with van der Waals surface area (Å²) in [7, 11) is 0. The molecule has 0 spiro atoms. The Morgan fingerprint density at radius 3 is 2.94 bits per heavy atom. The minimum Gasteiger partial charge on any atom is -0.349 e. The molecule has 1 N–H and O–H groups in total. The number of nitrogens with zero attached hydrogens (tertiary/aromatic N) is 4. The summed E-state index contributed by atoms with van der Waals surface area (Å²) in [6, 6.07) is 11.1. The first-order valence-electron chi connectivity index (χ1n) is 10.3. The molecular weight excluding hydrogens is 400 g/mol.